The molecule has 3 heteroatoms. The van der Waals surface area contributed by atoms with E-state index in [2.05, 4.69) is 23.2 Å². The number of nitriles is 1. The van der Waals surface area contributed by atoms with Crippen molar-refractivity contribution in [1.29, 1.82) is 5.26 Å². The van der Waals surface area contributed by atoms with Crippen molar-refractivity contribution in [2.75, 3.05) is 19.6 Å². The summed E-state index contributed by atoms with van der Waals surface area (Å²) in [6.45, 7) is 5.72. The number of hydrogen-bond acceptors (Lipinski definition) is 3. The minimum atomic E-state index is 0.489. The molecular weight excluding hydrogens is 186 g/mol. The summed E-state index contributed by atoms with van der Waals surface area (Å²) in [5.74, 6) is 0.839. The number of nitrogens with one attached hydrogen (secondary N) is 1. The number of piperidine rings is 1. The van der Waals surface area contributed by atoms with Gasteiger partial charge in [0.25, 0.3) is 0 Å². The fraction of sp³-hybridized carbons (Fsp3) is 0.917. The molecule has 3 nitrogen and oxygen atoms in total. The number of nitrogens with zero attached hydrogens (tertiary/aromatic N) is 2. The van der Waals surface area contributed by atoms with Gasteiger partial charge in [-0.15, -0.1) is 0 Å². The summed E-state index contributed by atoms with van der Waals surface area (Å²) in [7, 11) is 0. The molecule has 1 N–H and O–H groups in total. The Morgan fingerprint density at radius 3 is 3.13 bits per heavy atom. The molecule has 0 amide bonds. The molecule has 2 saturated heterocycles. The maximum Gasteiger partial charge on any atom is 0.0638 e. The van der Waals surface area contributed by atoms with Gasteiger partial charge in [0.05, 0.1) is 12.5 Å². The van der Waals surface area contributed by atoms with Gasteiger partial charge in [0.1, 0.15) is 0 Å². The van der Waals surface area contributed by atoms with Crippen LogP contribution in [0.25, 0.3) is 0 Å². The summed E-state index contributed by atoms with van der Waals surface area (Å²) in [5, 5.41) is 12.3. The molecule has 0 spiro atoms. The molecule has 2 aliphatic heterocycles. The third-order valence-electron chi connectivity index (χ3n) is 3.99. The van der Waals surface area contributed by atoms with E-state index in [-0.39, 0.29) is 0 Å². The second-order valence-corrected chi connectivity index (χ2v) is 4.79. The first-order valence-electron chi connectivity index (χ1n) is 6.20. The average molecular weight is 207 g/mol. The van der Waals surface area contributed by atoms with Crippen LogP contribution in [-0.4, -0.2) is 36.6 Å². The van der Waals surface area contributed by atoms with Crippen LogP contribution >= 0.6 is 0 Å². The van der Waals surface area contributed by atoms with Gasteiger partial charge in [-0.25, -0.2) is 0 Å². The highest BCUT2D eigenvalue weighted by atomic mass is 15.2. The number of likely N-dealkylation sites (tertiary alicyclic amines) is 1. The van der Waals surface area contributed by atoms with Crippen LogP contribution in [0.4, 0.5) is 0 Å². The lowest BCUT2D eigenvalue weighted by Gasteiger charge is -2.41. The normalized spacial score (nSPS) is 33.3. The fourth-order valence-corrected chi connectivity index (χ4v) is 3.16. The van der Waals surface area contributed by atoms with Gasteiger partial charge in [-0.1, -0.05) is 6.92 Å². The smallest absolute Gasteiger partial charge is 0.0638 e. The fourth-order valence-electron chi connectivity index (χ4n) is 3.16. The Bertz CT molecular complexity index is 246. The van der Waals surface area contributed by atoms with Crippen LogP contribution in [-0.2, 0) is 0 Å². The molecule has 84 valence electrons. The molecule has 0 aromatic heterocycles. The number of fused-ring (bicyclic) bond motifs is 1. The lowest BCUT2D eigenvalue weighted by atomic mass is 9.90. The zero-order chi connectivity index (χ0) is 10.7. The predicted molar refractivity (Wildman–Crippen MR) is 60.4 cm³/mol. The van der Waals surface area contributed by atoms with Gasteiger partial charge in [-0.05, 0) is 38.3 Å². The van der Waals surface area contributed by atoms with Crippen LogP contribution in [0.1, 0.15) is 32.6 Å². The molecule has 3 unspecified atom stereocenters. The first kappa shape index (κ1) is 10.9. The van der Waals surface area contributed by atoms with Gasteiger partial charge >= 0.3 is 0 Å². The molecule has 15 heavy (non-hydrogen) atoms. The van der Waals surface area contributed by atoms with Crippen molar-refractivity contribution < 1.29 is 0 Å². The second-order valence-electron chi connectivity index (χ2n) is 4.79. The van der Waals surface area contributed by atoms with Crippen LogP contribution in [0.15, 0.2) is 0 Å². The largest absolute Gasteiger partial charge is 0.315 e. The second kappa shape index (κ2) is 4.96. The molecule has 0 aliphatic carbocycles. The van der Waals surface area contributed by atoms with Gasteiger partial charge in [0, 0.05) is 18.6 Å². The van der Waals surface area contributed by atoms with Gasteiger partial charge in [-0.2, -0.15) is 5.26 Å². The minimum Gasteiger partial charge on any atom is -0.315 e. The lowest BCUT2D eigenvalue weighted by Crippen LogP contribution is -2.50. The summed E-state index contributed by atoms with van der Waals surface area (Å²) >= 11 is 0. The summed E-state index contributed by atoms with van der Waals surface area (Å²) in [5.41, 5.74) is 0. The van der Waals surface area contributed by atoms with Gasteiger partial charge in [-0.3, -0.25) is 4.90 Å². The van der Waals surface area contributed by atoms with Gasteiger partial charge < -0.3 is 5.32 Å². The SMILES string of the molecule is CCC(CC#N)N1CCCC2CNCC21. The van der Waals surface area contributed by atoms with Crippen molar-refractivity contribution >= 4 is 0 Å². The monoisotopic (exact) mass is 207 g/mol. The van der Waals surface area contributed by atoms with E-state index in [0.717, 1.165) is 18.9 Å². The van der Waals surface area contributed by atoms with E-state index >= 15 is 0 Å². The number of hydrogen-bond donors (Lipinski definition) is 1. The quantitative estimate of drug-likeness (QED) is 0.759. The Labute approximate surface area is 92.4 Å². The molecule has 0 saturated carbocycles. The zero-order valence-corrected chi connectivity index (χ0v) is 9.58. The Morgan fingerprint density at radius 1 is 1.53 bits per heavy atom. The van der Waals surface area contributed by atoms with E-state index < -0.39 is 0 Å². The van der Waals surface area contributed by atoms with Crippen molar-refractivity contribution in [1.82, 2.24) is 10.2 Å². The maximum absolute atomic E-state index is 8.85. The van der Waals surface area contributed by atoms with Crippen LogP contribution in [0.2, 0.25) is 0 Å². The molecule has 0 radical (unpaired) electrons. The molecular formula is C12H21N3. The topological polar surface area (TPSA) is 39.1 Å². The molecule has 0 aromatic carbocycles. The Hall–Kier alpha value is -0.590. The Morgan fingerprint density at radius 2 is 2.40 bits per heavy atom. The van der Waals surface area contributed by atoms with E-state index in [1.54, 1.807) is 0 Å². The van der Waals surface area contributed by atoms with E-state index in [9.17, 15) is 0 Å². The van der Waals surface area contributed by atoms with E-state index in [1.165, 1.54) is 25.9 Å². The van der Waals surface area contributed by atoms with Crippen LogP contribution in [0, 0.1) is 17.2 Å². The van der Waals surface area contributed by atoms with E-state index in [1.807, 2.05) is 0 Å². The van der Waals surface area contributed by atoms with E-state index in [4.69, 9.17) is 5.26 Å². The first-order chi connectivity index (χ1) is 7.36. The Kier molecular flexibility index (Phi) is 3.61. The lowest BCUT2D eigenvalue weighted by molar-refractivity contribution is 0.0767. The third-order valence-corrected chi connectivity index (χ3v) is 3.99. The predicted octanol–water partition coefficient (Wildman–Crippen LogP) is 1.36. The third kappa shape index (κ3) is 2.16. The first-order valence-corrected chi connectivity index (χ1v) is 6.20. The average Bonchev–Trinajstić information content (AvgIpc) is 2.73. The van der Waals surface area contributed by atoms with Crippen molar-refractivity contribution in [2.24, 2.45) is 5.92 Å². The standard InChI is InChI=1S/C12H21N3/c1-2-11(5-6-13)15-7-3-4-10-8-14-9-12(10)15/h10-12,14H,2-5,7-9H2,1H3. The molecule has 0 aromatic rings. The molecule has 2 fully saturated rings. The zero-order valence-electron chi connectivity index (χ0n) is 9.58. The minimum absolute atomic E-state index is 0.489. The highest BCUT2D eigenvalue weighted by Crippen LogP contribution is 2.29. The maximum atomic E-state index is 8.85. The van der Waals surface area contributed by atoms with Crippen molar-refractivity contribution in [3.05, 3.63) is 0 Å². The van der Waals surface area contributed by atoms with E-state index in [0.29, 0.717) is 18.5 Å². The molecule has 3 atom stereocenters. The summed E-state index contributed by atoms with van der Waals surface area (Å²) in [6.07, 6.45) is 4.48. The summed E-state index contributed by atoms with van der Waals surface area (Å²) in [4.78, 5) is 2.59. The number of rotatable bonds is 3. The molecule has 0 bridgehead atoms. The highest BCUT2D eigenvalue weighted by molar-refractivity contribution is 4.96. The van der Waals surface area contributed by atoms with Crippen molar-refractivity contribution in [3.8, 4) is 6.07 Å². The molecule has 2 rings (SSSR count). The highest BCUT2D eigenvalue weighted by Gasteiger charge is 2.37. The molecule has 2 heterocycles. The summed E-state index contributed by atoms with van der Waals surface area (Å²) in [6, 6.07) is 3.53. The Balaban J connectivity index is 2.02. The van der Waals surface area contributed by atoms with Crippen molar-refractivity contribution in [2.45, 2.75) is 44.7 Å². The van der Waals surface area contributed by atoms with Crippen LogP contribution in [0.3, 0.4) is 0 Å². The summed E-state index contributed by atoms with van der Waals surface area (Å²) < 4.78 is 0. The molecule has 2 aliphatic rings. The van der Waals surface area contributed by atoms with Gasteiger partial charge in [0.15, 0.2) is 0 Å². The van der Waals surface area contributed by atoms with Crippen LogP contribution < -0.4 is 5.32 Å². The van der Waals surface area contributed by atoms with Crippen LogP contribution in [0.5, 0.6) is 0 Å². The van der Waals surface area contributed by atoms with Gasteiger partial charge in [0.2, 0.25) is 0 Å². The van der Waals surface area contributed by atoms with Crippen molar-refractivity contribution in [3.63, 3.8) is 0 Å².